The van der Waals surface area contributed by atoms with Gasteiger partial charge in [0.05, 0.1) is 17.2 Å². The minimum absolute atomic E-state index is 0.161. The summed E-state index contributed by atoms with van der Waals surface area (Å²) in [5.74, 6) is 1.73. The van der Waals surface area contributed by atoms with E-state index in [-0.39, 0.29) is 17.7 Å². The highest BCUT2D eigenvalue weighted by Gasteiger charge is 2.35. The number of anilines is 1. The van der Waals surface area contributed by atoms with Gasteiger partial charge in [0.25, 0.3) is 5.91 Å². The van der Waals surface area contributed by atoms with Gasteiger partial charge in [0.2, 0.25) is 0 Å². The molecule has 5 aromatic carbocycles. The lowest BCUT2D eigenvalue weighted by Gasteiger charge is -2.43. The summed E-state index contributed by atoms with van der Waals surface area (Å²) in [6.45, 7) is 4.98. The number of aliphatic imine (C=N–C) groups is 1. The third kappa shape index (κ3) is 6.66. The molecular weight excluding hydrogens is 639 g/mol. The van der Waals surface area contributed by atoms with Crippen molar-refractivity contribution in [1.29, 1.82) is 0 Å². The Morgan fingerprint density at radius 1 is 0.780 bits per heavy atom. The minimum Gasteiger partial charge on any atom is -0.490 e. The molecule has 6 nitrogen and oxygen atoms in total. The Balaban J connectivity index is 1.11. The summed E-state index contributed by atoms with van der Waals surface area (Å²) < 4.78 is 12.0. The molecule has 2 atom stereocenters. The van der Waals surface area contributed by atoms with Crippen LogP contribution in [0.25, 0.3) is 6.08 Å². The molecule has 1 saturated heterocycles. The molecule has 250 valence electrons. The fourth-order valence-corrected chi connectivity index (χ4v) is 8.23. The number of thioether (sulfide) groups is 1. The van der Waals surface area contributed by atoms with Crippen molar-refractivity contribution >= 4 is 40.3 Å². The van der Waals surface area contributed by atoms with Gasteiger partial charge >= 0.3 is 0 Å². The largest absolute Gasteiger partial charge is 0.490 e. The zero-order valence-corrected chi connectivity index (χ0v) is 28.9. The molecule has 1 amide bonds. The molecule has 3 aliphatic rings. The summed E-state index contributed by atoms with van der Waals surface area (Å²) in [4.78, 5) is 21.5. The molecule has 0 spiro atoms. The second-order valence-corrected chi connectivity index (χ2v) is 13.9. The van der Waals surface area contributed by atoms with Gasteiger partial charge in [-0.2, -0.15) is 0 Å². The monoisotopic (exact) mass is 677 g/mol. The van der Waals surface area contributed by atoms with Crippen molar-refractivity contribution in [2.45, 2.75) is 38.2 Å². The summed E-state index contributed by atoms with van der Waals surface area (Å²) in [5, 5.41) is 3.61. The minimum atomic E-state index is -0.161. The first-order chi connectivity index (χ1) is 24.6. The molecule has 5 aromatic rings. The van der Waals surface area contributed by atoms with Crippen LogP contribution in [-0.4, -0.2) is 30.8 Å². The number of hydrogen-bond acceptors (Lipinski definition) is 6. The zero-order valence-electron chi connectivity index (χ0n) is 28.0. The van der Waals surface area contributed by atoms with Crippen LogP contribution in [0.1, 0.15) is 65.0 Å². The Morgan fingerprint density at radius 3 is 2.02 bits per heavy atom. The van der Waals surface area contributed by atoms with Crippen molar-refractivity contribution in [2.75, 3.05) is 24.6 Å². The van der Waals surface area contributed by atoms with Crippen LogP contribution in [0.2, 0.25) is 0 Å². The molecule has 0 bridgehead atoms. The smallest absolute Gasteiger partial charge is 0.264 e. The third-order valence-corrected chi connectivity index (χ3v) is 10.6. The van der Waals surface area contributed by atoms with Crippen LogP contribution in [0.15, 0.2) is 131 Å². The van der Waals surface area contributed by atoms with Crippen molar-refractivity contribution in [1.82, 2.24) is 5.32 Å². The highest BCUT2D eigenvalue weighted by atomic mass is 32.2. The van der Waals surface area contributed by atoms with Crippen molar-refractivity contribution in [2.24, 2.45) is 4.99 Å². The molecule has 0 aromatic heterocycles. The van der Waals surface area contributed by atoms with Gasteiger partial charge in [0.15, 0.2) is 16.7 Å². The van der Waals surface area contributed by atoms with E-state index in [0.717, 1.165) is 42.7 Å². The van der Waals surface area contributed by atoms with E-state index in [1.807, 2.05) is 61.5 Å². The molecular formula is C43H39N3O3S. The first-order valence-corrected chi connectivity index (χ1v) is 18.2. The zero-order chi connectivity index (χ0) is 33.9. The summed E-state index contributed by atoms with van der Waals surface area (Å²) in [7, 11) is 0. The fraction of sp³-hybridized carbons (Fsp3) is 0.209. The molecule has 1 fully saturated rings. The first kappa shape index (κ1) is 32.0. The van der Waals surface area contributed by atoms with Crippen LogP contribution in [0, 0.1) is 0 Å². The first-order valence-electron chi connectivity index (χ1n) is 17.4. The number of nitrogens with one attached hydrogen (secondary N) is 1. The average molecular weight is 678 g/mol. The Hall–Kier alpha value is -5.27. The lowest BCUT2D eigenvalue weighted by atomic mass is 9.76. The van der Waals surface area contributed by atoms with Crippen molar-refractivity contribution in [3.63, 3.8) is 0 Å². The van der Waals surface area contributed by atoms with Gasteiger partial charge in [0, 0.05) is 30.6 Å². The van der Waals surface area contributed by atoms with Crippen LogP contribution < -0.4 is 19.7 Å². The van der Waals surface area contributed by atoms with E-state index in [2.05, 4.69) is 83.0 Å². The Bertz CT molecular complexity index is 1990. The number of rotatable bonds is 9. The number of nitrogens with zero attached hydrogens (tertiary/aromatic N) is 2. The number of carbonyl (C=O) groups is 1. The van der Waals surface area contributed by atoms with E-state index < -0.39 is 0 Å². The van der Waals surface area contributed by atoms with Crippen LogP contribution in [0.4, 0.5) is 11.4 Å². The molecule has 0 saturated carbocycles. The second kappa shape index (κ2) is 14.3. The van der Waals surface area contributed by atoms with Crippen molar-refractivity contribution in [3.05, 3.63) is 160 Å². The highest BCUT2D eigenvalue weighted by molar-refractivity contribution is 8.18. The van der Waals surface area contributed by atoms with E-state index in [1.54, 1.807) is 0 Å². The van der Waals surface area contributed by atoms with E-state index in [4.69, 9.17) is 14.5 Å². The highest BCUT2D eigenvalue weighted by Crippen LogP contribution is 2.50. The predicted octanol–water partition coefficient (Wildman–Crippen LogP) is 9.43. The molecule has 8 rings (SSSR count). The molecule has 3 aliphatic heterocycles. The fourth-order valence-electron chi connectivity index (χ4n) is 7.39. The van der Waals surface area contributed by atoms with E-state index in [9.17, 15) is 4.79 Å². The van der Waals surface area contributed by atoms with E-state index in [0.29, 0.717) is 34.8 Å². The van der Waals surface area contributed by atoms with Gasteiger partial charge in [-0.3, -0.25) is 4.79 Å². The predicted molar refractivity (Wildman–Crippen MR) is 204 cm³/mol. The van der Waals surface area contributed by atoms with Gasteiger partial charge in [-0.1, -0.05) is 97.1 Å². The van der Waals surface area contributed by atoms with Gasteiger partial charge in [-0.25, -0.2) is 4.99 Å². The van der Waals surface area contributed by atoms with E-state index >= 15 is 0 Å². The van der Waals surface area contributed by atoms with Gasteiger partial charge < -0.3 is 19.7 Å². The summed E-state index contributed by atoms with van der Waals surface area (Å²) in [6.07, 6.45) is 4.01. The quantitative estimate of drug-likeness (QED) is 0.158. The molecule has 50 heavy (non-hydrogen) atoms. The molecule has 7 heteroatoms. The average Bonchev–Trinajstić information content (AvgIpc) is 3.50. The van der Waals surface area contributed by atoms with Crippen molar-refractivity contribution < 1.29 is 14.3 Å². The van der Waals surface area contributed by atoms with Crippen LogP contribution in [0.3, 0.4) is 0 Å². The Kier molecular flexibility index (Phi) is 9.14. The number of carbonyl (C=O) groups excluding carboxylic acids is 1. The molecule has 0 unspecified atom stereocenters. The number of hydrogen-bond donors (Lipinski definition) is 1. The molecule has 0 radical (unpaired) electrons. The second-order valence-electron chi connectivity index (χ2n) is 12.9. The normalized spacial score (nSPS) is 19.7. The maximum absolute atomic E-state index is 13.3. The SMILES string of the molecule is CCOc1cc(/C=C2\SC(=Nc3cc4c5c(c3)[C@H](c3ccccc3)CCN5CC[C@@H]4c3ccccc3)NC2=O)ccc1OCc1ccccc1. The van der Waals surface area contributed by atoms with Crippen LogP contribution >= 0.6 is 11.8 Å². The number of amides is 1. The third-order valence-electron chi connectivity index (χ3n) is 9.68. The summed E-state index contributed by atoms with van der Waals surface area (Å²) >= 11 is 1.37. The Morgan fingerprint density at radius 2 is 1.40 bits per heavy atom. The summed E-state index contributed by atoms with van der Waals surface area (Å²) in [6, 6.07) is 42.0. The molecule has 3 heterocycles. The standard InChI is InChI=1S/C43H39N3O3S/c1-2-48-39-24-30(18-19-38(39)49-28-29-12-6-3-7-13-29)25-40-42(47)45-43(50-40)44-33-26-36-34(31-14-8-4-9-15-31)20-22-46-23-21-35(37(27-33)41(36)46)32-16-10-5-11-17-32/h3-19,24-27,34-35H,2,20-23,28H2,1H3,(H,44,45,47)/b40-25-/t34-,35+. The molecule has 1 N–H and O–H groups in total. The van der Waals surface area contributed by atoms with Gasteiger partial charge in [-0.05, 0) is 95.2 Å². The van der Waals surface area contributed by atoms with Crippen LogP contribution in [0.5, 0.6) is 11.5 Å². The molecule has 0 aliphatic carbocycles. The van der Waals surface area contributed by atoms with Crippen LogP contribution in [-0.2, 0) is 11.4 Å². The Labute approximate surface area is 297 Å². The topological polar surface area (TPSA) is 63.2 Å². The lowest BCUT2D eigenvalue weighted by Crippen LogP contribution is -2.37. The number of amidine groups is 1. The number of ether oxygens (including phenoxy) is 2. The van der Waals surface area contributed by atoms with E-state index in [1.165, 1.54) is 39.7 Å². The van der Waals surface area contributed by atoms with Gasteiger partial charge in [-0.15, -0.1) is 0 Å². The van der Waals surface area contributed by atoms with Gasteiger partial charge in [0.1, 0.15) is 6.61 Å². The lowest BCUT2D eigenvalue weighted by molar-refractivity contribution is -0.115. The van der Waals surface area contributed by atoms with Crippen molar-refractivity contribution in [3.8, 4) is 11.5 Å². The maximum atomic E-state index is 13.3. The maximum Gasteiger partial charge on any atom is 0.264 e. The summed E-state index contributed by atoms with van der Waals surface area (Å²) in [5.41, 5.74) is 9.47. The number of benzene rings is 5.